The lowest BCUT2D eigenvalue weighted by Gasteiger charge is -2.13. The largest absolute Gasteiger partial charge is 0.444 e. The number of aliphatic hydroxyl groups is 1. The van der Waals surface area contributed by atoms with E-state index >= 15 is 0 Å². The van der Waals surface area contributed by atoms with Crippen LogP contribution < -0.4 is 10.6 Å². The molecule has 1 aromatic heterocycles. The maximum absolute atomic E-state index is 8.86. The molecule has 0 aliphatic carbocycles. The maximum Gasteiger partial charge on any atom is 0.195 e. The summed E-state index contributed by atoms with van der Waals surface area (Å²) in [6.07, 6.45) is 2.45. The quantitative estimate of drug-likeness (QED) is 0.753. The van der Waals surface area contributed by atoms with Crippen LogP contribution in [0, 0.1) is 0 Å². The van der Waals surface area contributed by atoms with E-state index in [0.29, 0.717) is 5.76 Å². The summed E-state index contributed by atoms with van der Waals surface area (Å²) in [5.74, 6) is 1.54. The van der Waals surface area contributed by atoms with Crippen LogP contribution in [0.2, 0.25) is 0 Å². The molecule has 0 saturated carbocycles. The predicted octanol–water partition coefficient (Wildman–Crippen LogP) is 0.872. The van der Waals surface area contributed by atoms with Crippen LogP contribution in [0.3, 0.4) is 0 Å². The molecule has 0 amide bonds. The normalized spacial score (nSPS) is 18.9. The fraction of sp³-hybridized carbons (Fsp3) is 0.600. The van der Waals surface area contributed by atoms with Crippen molar-refractivity contribution in [3.63, 3.8) is 0 Å². The minimum absolute atomic E-state index is 0.0764. The molecule has 1 aliphatic rings. The molecule has 0 radical (unpaired) electrons. The van der Waals surface area contributed by atoms with Gasteiger partial charge in [-0.2, -0.15) is 0 Å². The van der Waals surface area contributed by atoms with Crippen molar-refractivity contribution in [2.75, 3.05) is 24.6 Å². The van der Waals surface area contributed by atoms with Gasteiger partial charge in [0.1, 0.15) is 5.76 Å². The van der Waals surface area contributed by atoms with E-state index in [9.17, 15) is 0 Å². The first-order valence-corrected chi connectivity index (χ1v) is 5.02. The van der Waals surface area contributed by atoms with Crippen molar-refractivity contribution >= 4 is 5.88 Å². The van der Waals surface area contributed by atoms with E-state index in [2.05, 4.69) is 4.90 Å². The average Bonchev–Trinajstić information content (AvgIpc) is 2.86. The van der Waals surface area contributed by atoms with Gasteiger partial charge in [0.25, 0.3) is 0 Å². The molecule has 0 aromatic carbocycles. The molecule has 1 aliphatic heterocycles. The Bertz CT molecular complexity index is 292. The van der Waals surface area contributed by atoms with Gasteiger partial charge >= 0.3 is 0 Å². The third-order valence-corrected chi connectivity index (χ3v) is 2.59. The highest BCUT2D eigenvalue weighted by molar-refractivity contribution is 5.37. The Hall–Kier alpha value is -1.00. The molecule has 1 fully saturated rings. The summed E-state index contributed by atoms with van der Waals surface area (Å²) < 4.78 is 5.56. The van der Waals surface area contributed by atoms with Crippen LogP contribution in [0.4, 0.5) is 5.88 Å². The van der Waals surface area contributed by atoms with Crippen molar-refractivity contribution in [3.05, 3.63) is 17.9 Å². The van der Waals surface area contributed by atoms with E-state index in [0.717, 1.165) is 19.0 Å². The number of hydrogen-bond donors (Lipinski definition) is 2. The summed E-state index contributed by atoms with van der Waals surface area (Å²) in [7, 11) is 0. The van der Waals surface area contributed by atoms with Crippen LogP contribution in [0.25, 0.3) is 0 Å². The summed E-state index contributed by atoms with van der Waals surface area (Å²) in [6, 6.07) is 3.37. The van der Waals surface area contributed by atoms with Gasteiger partial charge in [-0.25, -0.2) is 0 Å². The van der Waals surface area contributed by atoms with E-state index in [4.69, 9.17) is 15.3 Å². The lowest BCUT2D eigenvalue weighted by Crippen LogP contribution is -2.17. The smallest absolute Gasteiger partial charge is 0.195 e. The standard InChI is InChI=1S/C10H16N2O2/c11-8(7-13)9-3-4-10(14-9)12-5-1-2-6-12/h3-4,8,13H,1-2,5-7,11H2. The molecule has 3 N–H and O–H groups in total. The topological polar surface area (TPSA) is 62.6 Å². The van der Waals surface area contributed by atoms with Gasteiger partial charge in [0, 0.05) is 19.2 Å². The number of anilines is 1. The fourth-order valence-corrected chi connectivity index (χ4v) is 1.74. The first-order valence-electron chi connectivity index (χ1n) is 5.02. The molecule has 4 heteroatoms. The molecule has 1 atom stereocenters. The second kappa shape index (κ2) is 4.02. The van der Waals surface area contributed by atoms with E-state index in [-0.39, 0.29) is 6.61 Å². The van der Waals surface area contributed by atoms with E-state index < -0.39 is 6.04 Å². The van der Waals surface area contributed by atoms with Crippen LogP contribution in [-0.2, 0) is 0 Å². The summed E-state index contributed by atoms with van der Waals surface area (Å²) in [4.78, 5) is 2.20. The zero-order valence-electron chi connectivity index (χ0n) is 8.15. The van der Waals surface area contributed by atoms with Crippen molar-refractivity contribution in [2.24, 2.45) is 5.73 Å². The van der Waals surface area contributed by atoms with Gasteiger partial charge in [-0.1, -0.05) is 0 Å². The van der Waals surface area contributed by atoms with Crippen molar-refractivity contribution < 1.29 is 9.52 Å². The average molecular weight is 196 g/mol. The fourth-order valence-electron chi connectivity index (χ4n) is 1.74. The van der Waals surface area contributed by atoms with Gasteiger partial charge in [0.2, 0.25) is 0 Å². The zero-order valence-corrected chi connectivity index (χ0v) is 8.15. The maximum atomic E-state index is 8.86. The number of rotatable bonds is 3. The first kappa shape index (κ1) is 9.55. The van der Waals surface area contributed by atoms with Crippen molar-refractivity contribution in [2.45, 2.75) is 18.9 Å². The molecule has 0 spiro atoms. The van der Waals surface area contributed by atoms with E-state index in [1.807, 2.05) is 12.1 Å². The summed E-state index contributed by atoms with van der Waals surface area (Å²) in [5.41, 5.74) is 5.64. The second-order valence-corrected chi connectivity index (χ2v) is 3.66. The Morgan fingerprint density at radius 1 is 1.43 bits per heavy atom. The summed E-state index contributed by atoms with van der Waals surface area (Å²) >= 11 is 0. The molecule has 1 aromatic rings. The van der Waals surface area contributed by atoms with Crippen LogP contribution in [0.15, 0.2) is 16.5 Å². The molecular weight excluding hydrogens is 180 g/mol. The predicted molar refractivity (Wildman–Crippen MR) is 54.2 cm³/mol. The van der Waals surface area contributed by atoms with E-state index in [1.54, 1.807) is 0 Å². The SMILES string of the molecule is NC(CO)c1ccc(N2CCCC2)o1. The van der Waals surface area contributed by atoms with Gasteiger partial charge in [-0.3, -0.25) is 0 Å². The van der Waals surface area contributed by atoms with Crippen molar-refractivity contribution in [1.82, 2.24) is 0 Å². The lowest BCUT2D eigenvalue weighted by molar-refractivity contribution is 0.252. The number of nitrogens with two attached hydrogens (primary N) is 1. The second-order valence-electron chi connectivity index (χ2n) is 3.66. The molecule has 14 heavy (non-hydrogen) atoms. The molecule has 2 rings (SSSR count). The van der Waals surface area contributed by atoms with Gasteiger partial charge in [0.05, 0.1) is 12.6 Å². The number of furan rings is 1. The summed E-state index contributed by atoms with van der Waals surface area (Å²) in [6.45, 7) is 2.04. The molecule has 1 saturated heterocycles. The van der Waals surface area contributed by atoms with Crippen molar-refractivity contribution in [1.29, 1.82) is 0 Å². The van der Waals surface area contributed by atoms with Crippen LogP contribution in [-0.4, -0.2) is 24.8 Å². The van der Waals surface area contributed by atoms with E-state index in [1.165, 1.54) is 12.8 Å². The molecule has 78 valence electrons. The molecule has 2 heterocycles. The highest BCUT2D eigenvalue weighted by atomic mass is 16.4. The van der Waals surface area contributed by atoms with Crippen LogP contribution in [0.1, 0.15) is 24.6 Å². The highest BCUT2D eigenvalue weighted by Crippen LogP contribution is 2.24. The Labute approximate surface area is 83.3 Å². The third-order valence-electron chi connectivity index (χ3n) is 2.59. The Balaban J connectivity index is 2.08. The summed E-state index contributed by atoms with van der Waals surface area (Å²) in [5, 5.41) is 8.86. The van der Waals surface area contributed by atoms with Crippen LogP contribution in [0.5, 0.6) is 0 Å². The molecular formula is C10H16N2O2. The minimum atomic E-state index is -0.397. The highest BCUT2D eigenvalue weighted by Gasteiger charge is 2.17. The Morgan fingerprint density at radius 2 is 2.14 bits per heavy atom. The monoisotopic (exact) mass is 196 g/mol. The zero-order chi connectivity index (χ0) is 9.97. The lowest BCUT2D eigenvalue weighted by atomic mass is 10.2. The number of aliphatic hydroxyl groups excluding tert-OH is 1. The Kier molecular flexibility index (Phi) is 2.74. The van der Waals surface area contributed by atoms with Crippen molar-refractivity contribution in [3.8, 4) is 0 Å². The molecule has 1 unspecified atom stereocenters. The van der Waals surface area contributed by atoms with Gasteiger partial charge in [-0.15, -0.1) is 0 Å². The van der Waals surface area contributed by atoms with Crippen LogP contribution >= 0.6 is 0 Å². The van der Waals surface area contributed by atoms with Gasteiger partial charge < -0.3 is 20.2 Å². The number of nitrogens with zero attached hydrogens (tertiary/aromatic N) is 1. The third kappa shape index (κ3) is 1.76. The number of hydrogen-bond acceptors (Lipinski definition) is 4. The van der Waals surface area contributed by atoms with Gasteiger partial charge in [0.15, 0.2) is 5.88 Å². The van der Waals surface area contributed by atoms with Gasteiger partial charge in [-0.05, 0) is 18.9 Å². The Morgan fingerprint density at radius 3 is 2.79 bits per heavy atom. The molecule has 0 bridgehead atoms. The minimum Gasteiger partial charge on any atom is -0.444 e. The molecule has 4 nitrogen and oxygen atoms in total. The first-order chi connectivity index (χ1) is 6.81.